The van der Waals surface area contributed by atoms with Crippen LogP contribution in [0.2, 0.25) is 0 Å². The summed E-state index contributed by atoms with van der Waals surface area (Å²) >= 11 is 3.03. The lowest BCUT2D eigenvalue weighted by atomic mass is 10.3. The summed E-state index contributed by atoms with van der Waals surface area (Å²) in [6.45, 7) is 5.59. The van der Waals surface area contributed by atoms with Gasteiger partial charge in [-0.05, 0) is 39.1 Å². The van der Waals surface area contributed by atoms with Crippen molar-refractivity contribution in [3.63, 3.8) is 0 Å². The van der Waals surface area contributed by atoms with Crippen molar-refractivity contribution in [1.29, 1.82) is 0 Å². The fourth-order valence-corrected chi connectivity index (χ4v) is 4.71. The predicted octanol–water partition coefficient (Wildman–Crippen LogP) is 2.31. The second-order valence-electron chi connectivity index (χ2n) is 5.34. The zero-order chi connectivity index (χ0) is 15.4. The average Bonchev–Trinajstić information content (AvgIpc) is 3.06. The zero-order valence-electron chi connectivity index (χ0n) is 12.9. The number of nitrogens with one attached hydrogen (secondary N) is 2. The summed E-state index contributed by atoms with van der Waals surface area (Å²) in [5.41, 5.74) is 6.69. The van der Waals surface area contributed by atoms with Crippen molar-refractivity contribution in [2.45, 2.75) is 30.7 Å². The van der Waals surface area contributed by atoms with Crippen molar-refractivity contribution < 1.29 is 4.79 Å². The molecule has 4 N–H and O–H groups in total. The van der Waals surface area contributed by atoms with Gasteiger partial charge in [0.1, 0.15) is 9.88 Å². The number of carbonyl (C=O) groups is 1. The Morgan fingerprint density at radius 1 is 1.48 bits per heavy atom. The van der Waals surface area contributed by atoms with Crippen LogP contribution in [0, 0.1) is 0 Å². The molecule has 21 heavy (non-hydrogen) atoms. The minimum atomic E-state index is -0.118. The monoisotopic (exact) mass is 328 g/mol. The third-order valence-electron chi connectivity index (χ3n) is 3.65. The summed E-state index contributed by atoms with van der Waals surface area (Å²) in [5.74, 6) is -0.118. The molecule has 1 aliphatic heterocycles. The molecule has 1 atom stereocenters. The number of hydrogen-bond acceptors (Lipinski definition) is 6. The Bertz CT molecular complexity index is 497. The van der Waals surface area contributed by atoms with Gasteiger partial charge in [0, 0.05) is 19.6 Å². The molecule has 7 heteroatoms. The molecule has 5 nitrogen and oxygen atoms in total. The number of amides is 1. The maximum absolute atomic E-state index is 11.9. The van der Waals surface area contributed by atoms with Crippen LogP contribution in [0.5, 0.6) is 0 Å². The molecule has 2 rings (SSSR count). The Labute approximate surface area is 134 Å². The van der Waals surface area contributed by atoms with E-state index in [1.807, 2.05) is 6.26 Å². The molecule has 0 aromatic carbocycles. The van der Waals surface area contributed by atoms with Crippen molar-refractivity contribution in [3.8, 4) is 0 Å². The molecular formula is C14H24N4OS2. The minimum Gasteiger partial charge on any atom is -0.396 e. The van der Waals surface area contributed by atoms with Gasteiger partial charge in [0.2, 0.25) is 0 Å². The third-order valence-corrected chi connectivity index (χ3v) is 5.74. The lowest BCUT2D eigenvalue weighted by Crippen LogP contribution is -2.32. The zero-order valence-corrected chi connectivity index (χ0v) is 14.5. The molecule has 0 spiro atoms. The quantitative estimate of drug-likeness (QED) is 0.699. The maximum Gasteiger partial charge on any atom is 0.263 e. The molecule has 118 valence electrons. The Kier molecular flexibility index (Phi) is 5.78. The summed E-state index contributed by atoms with van der Waals surface area (Å²) in [5, 5.41) is 7.17. The summed E-state index contributed by atoms with van der Waals surface area (Å²) in [6, 6.07) is 0.338. The van der Waals surface area contributed by atoms with E-state index < -0.39 is 0 Å². The average molecular weight is 329 g/mol. The first kappa shape index (κ1) is 16.5. The molecule has 0 saturated carbocycles. The van der Waals surface area contributed by atoms with E-state index >= 15 is 0 Å². The van der Waals surface area contributed by atoms with Gasteiger partial charge in [0.25, 0.3) is 5.91 Å². The molecule has 1 fully saturated rings. The van der Waals surface area contributed by atoms with Crippen LogP contribution in [-0.4, -0.2) is 49.8 Å². The van der Waals surface area contributed by atoms with Crippen LogP contribution in [0.15, 0.2) is 4.90 Å². The number of thioether (sulfide) groups is 1. The van der Waals surface area contributed by atoms with E-state index in [4.69, 9.17) is 5.73 Å². The van der Waals surface area contributed by atoms with Gasteiger partial charge in [-0.15, -0.1) is 23.1 Å². The summed E-state index contributed by atoms with van der Waals surface area (Å²) < 4.78 is 0. The van der Waals surface area contributed by atoms with E-state index in [1.54, 1.807) is 18.8 Å². The first-order valence-electron chi connectivity index (χ1n) is 7.24. The lowest BCUT2D eigenvalue weighted by Gasteiger charge is -2.21. The number of nitrogens with zero attached hydrogens (tertiary/aromatic N) is 1. The molecule has 1 unspecified atom stereocenters. The summed E-state index contributed by atoms with van der Waals surface area (Å²) in [7, 11) is 1.63. The first-order valence-corrected chi connectivity index (χ1v) is 9.28. The van der Waals surface area contributed by atoms with Crippen molar-refractivity contribution in [2.75, 3.05) is 44.0 Å². The van der Waals surface area contributed by atoms with Crippen LogP contribution in [0.25, 0.3) is 0 Å². The van der Waals surface area contributed by atoms with Crippen molar-refractivity contribution in [3.05, 3.63) is 4.88 Å². The molecular weight excluding hydrogens is 304 g/mol. The summed E-state index contributed by atoms with van der Waals surface area (Å²) in [4.78, 5) is 15.9. The van der Waals surface area contributed by atoms with Gasteiger partial charge in [-0.2, -0.15) is 0 Å². The SMILES string of the molecule is CNC(=O)c1sc(NC(C)CN2CCCC2)c(SC)c1N. The number of carbonyl (C=O) groups excluding carboxylic acids is 1. The van der Waals surface area contributed by atoms with Gasteiger partial charge >= 0.3 is 0 Å². The largest absolute Gasteiger partial charge is 0.396 e. The van der Waals surface area contributed by atoms with Gasteiger partial charge in [-0.25, -0.2) is 0 Å². The Morgan fingerprint density at radius 2 is 2.14 bits per heavy atom. The van der Waals surface area contributed by atoms with Crippen LogP contribution in [0.4, 0.5) is 10.7 Å². The smallest absolute Gasteiger partial charge is 0.263 e. The van der Waals surface area contributed by atoms with E-state index in [2.05, 4.69) is 22.5 Å². The molecule has 1 aromatic heterocycles. The molecule has 1 saturated heterocycles. The number of likely N-dealkylation sites (tertiary alicyclic amines) is 1. The standard InChI is InChI=1S/C14H24N4OS2/c1-9(8-18-6-4-5-7-18)17-14-12(20-3)10(15)11(21-14)13(19)16-2/h9,17H,4-8,15H2,1-3H3,(H,16,19). The van der Waals surface area contributed by atoms with Gasteiger partial charge in [-0.3, -0.25) is 4.79 Å². The lowest BCUT2D eigenvalue weighted by molar-refractivity contribution is 0.0968. The van der Waals surface area contributed by atoms with Crippen LogP contribution < -0.4 is 16.4 Å². The normalized spacial score (nSPS) is 16.9. The molecule has 1 amide bonds. The van der Waals surface area contributed by atoms with E-state index in [1.165, 1.54) is 37.3 Å². The second-order valence-corrected chi connectivity index (χ2v) is 7.18. The molecule has 0 aliphatic carbocycles. The van der Waals surface area contributed by atoms with Crippen molar-refractivity contribution in [2.24, 2.45) is 0 Å². The highest BCUT2D eigenvalue weighted by Gasteiger charge is 2.22. The van der Waals surface area contributed by atoms with Crippen molar-refractivity contribution >= 4 is 39.7 Å². The van der Waals surface area contributed by atoms with E-state index in [9.17, 15) is 4.79 Å². The Morgan fingerprint density at radius 3 is 2.71 bits per heavy atom. The van der Waals surface area contributed by atoms with Gasteiger partial charge in [0.05, 0.1) is 10.6 Å². The van der Waals surface area contributed by atoms with Crippen molar-refractivity contribution in [1.82, 2.24) is 10.2 Å². The van der Waals surface area contributed by atoms with Gasteiger partial charge in [0.15, 0.2) is 0 Å². The van der Waals surface area contributed by atoms with E-state index in [0.717, 1.165) is 16.4 Å². The fourth-order valence-electron chi connectivity index (χ4n) is 2.63. The van der Waals surface area contributed by atoms with Crippen LogP contribution in [-0.2, 0) is 0 Å². The highest BCUT2D eigenvalue weighted by Crippen LogP contribution is 2.41. The number of hydrogen-bond donors (Lipinski definition) is 3. The Hall–Kier alpha value is -0.920. The molecule has 1 aliphatic rings. The van der Waals surface area contributed by atoms with E-state index in [0.29, 0.717) is 16.6 Å². The summed E-state index contributed by atoms with van der Waals surface area (Å²) in [6.07, 6.45) is 4.59. The number of nitrogens with two attached hydrogens (primary N) is 1. The first-order chi connectivity index (χ1) is 10.1. The molecule has 0 bridgehead atoms. The van der Waals surface area contributed by atoms with Crippen LogP contribution in [0.3, 0.4) is 0 Å². The van der Waals surface area contributed by atoms with Gasteiger partial charge in [-0.1, -0.05) is 0 Å². The number of thiophene rings is 1. The second kappa shape index (κ2) is 7.38. The molecule has 1 aromatic rings. The maximum atomic E-state index is 11.9. The number of nitrogen functional groups attached to an aromatic ring is 1. The highest BCUT2D eigenvalue weighted by molar-refractivity contribution is 7.99. The fraction of sp³-hybridized carbons (Fsp3) is 0.643. The molecule has 2 heterocycles. The van der Waals surface area contributed by atoms with Gasteiger partial charge < -0.3 is 21.3 Å². The number of anilines is 2. The molecule has 0 radical (unpaired) electrons. The van der Waals surface area contributed by atoms with E-state index in [-0.39, 0.29) is 5.91 Å². The van der Waals surface area contributed by atoms with Crippen LogP contribution >= 0.6 is 23.1 Å². The topological polar surface area (TPSA) is 70.4 Å². The van der Waals surface area contributed by atoms with Crippen LogP contribution in [0.1, 0.15) is 29.4 Å². The number of rotatable bonds is 6. The third kappa shape index (κ3) is 3.84. The Balaban J connectivity index is 2.09. The minimum absolute atomic E-state index is 0.118. The highest BCUT2D eigenvalue weighted by atomic mass is 32.2. The predicted molar refractivity (Wildman–Crippen MR) is 92.7 cm³/mol.